The molecule has 7 heteroatoms. The maximum Gasteiger partial charge on any atom is 0.152 e. The SMILES string of the molecule is COc1cccc2c1nc(CCCl)n2C1CCS(=O)(=O)C1. The first-order valence-electron chi connectivity index (χ1n) is 6.86. The summed E-state index contributed by atoms with van der Waals surface area (Å²) in [6.07, 6.45) is 1.23. The predicted octanol–water partition coefficient (Wildman–Crippen LogP) is 2.19. The van der Waals surface area contributed by atoms with Gasteiger partial charge in [0.05, 0.1) is 30.2 Å². The molecule has 1 aromatic heterocycles. The van der Waals surface area contributed by atoms with E-state index < -0.39 is 9.84 Å². The number of halogens is 1. The number of imidazole rings is 1. The minimum atomic E-state index is -2.95. The van der Waals surface area contributed by atoms with Crippen LogP contribution in [-0.2, 0) is 16.3 Å². The molecule has 2 aromatic rings. The molecule has 1 atom stereocenters. The Morgan fingerprint density at radius 2 is 2.29 bits per heavy atom. The van der Waals surface area contributed by atoms with E-state index in [4.69, 9.17) is 16.3 Å². The first kappa shape index (κ1) is 14.7. The molecule has 1 unspecified atom stereocenters. The Balaban J connectivity index is 2.17. The molecule has 1 aliphatic heterocycles. The van der Waals surface area contributed by atoms with E-state index in [1.54, 1.807) is 7.11 Å². The Morgan fingerprint density at radius 1 is 1.48 bits per heavy atom. The lowest BCUT2D eigenvalue weighted by molar-refractivity contribution is 0.419. The van der Waals surface area contributed by atoms with Crippen LogP contribution in [0.1, 0.15) is 18.3 Å². The molecule has 5 nitrogen and oxygen atoms in total. The highest BCUT2D eigenvalue weighted by molar-refractivity contribution is 7.91. The summed E-state index contributed by atoms with van der Waals surface area (Å²) in [5.74, 6) is 2.38. The summed E-state index contributed by atoms with van der Waals surface area (Å²) in [7, 11) is -1.34. The van der Waals surface area contributed by atoms with Gasteiger partial charge < -0.3 is 9.30 Å². The number of hydrogen-bond donors (Lipinski definition) is 0. The first-order valence-corrected chi connectivity index (χ1v) is 9.21. The number of fused-ring (bicyclic) bond motifs is 1. The predicted molar refractivity (Wildman–Crippen MR) is 83.0 cm³/mol. The summed E-state index contributed by atoms with van der Waals surface area (Å²) in [5.41, 5.74) is 1.68. The van der Waals surface area contributed by atoms with Crippen LogP contribution in [0, 0.1) is 0 Å². The molecule has 0 bridgehead atoms. The zero-order valence-electron chi connectivity index (χ0n) is 11.8. The molecular formula is C14H17ClN2O3S. The summed E-state index contributed by atoms with van der Waals surface area (Å²) in [5, 5.41) is 0. The zero-order valence-corrected chi connectivity index (χ0v) is 13.3. The number of alkyl halides is 1. The van der Waals surface area contributed by atoms with E-state index in [0.29, 0.717) is 24.5 Å². The Morgan fingerprint density at radius 3 is 2.90 bits per heavy atom. The van der Waals surface area contributed by atoms with Crippen LogP contribution in [0.2, 0.25) is 0 Å². The molecule has 2 heterocycles. The van der Waals surface area contributed by atoms with Gasteiger partial charge in [0.25, 0.3) is 0 Å². The number of rotatable bonds is 4. The largest absolute Gasteiger partial charge is 0.494 e. The number of benzene rings is 1. The molecule has 0 amide bonds. The van der Waals surface area contributed by atoms with Gasteiger partial charge in [-0.25, -0.2) is 13.4 Å². The number of methoxy groups -OCH3 is 1. The highest BCUT2D eigenvalue weighted by Crippen LogP contribution is 2.33. The van der Waals surface area contributed by atoms with Gasteiger partial charge in [-0.2, -0.15) is 0 Å². The van der Waals surface area contributed by atoms with E-state index in [-0.39, 0.29) is 17.5 Å². The molecule has 0 aliphatic carbocycles. The van der Waals surface area contributed by atoms with Crippen LogP contribution >= 0.6 is 11.6 Å². The summed E-state index contributed by atoms with van der Waals surface area (Å²) in [6.45, 7) is 0. The summed E-state index contributed by atoms with van der Waals surface area (Å²) >= 11 is 5.87. The third kappa shape index (κ3) is 2.62. The van der Waals surface area contributed by atoms with Gasteiger partial charge in [-0.1, -0.05) is 6.07 Å². The fraction of sp³-hybridized carbons (Fsp3) is 0.500. The van der Waals surface area contributed by atoms with Crippen molar-refractivity contribution in [3.05, 3.63) is 24.0 Å². The zero-order chi connectivity index (χ0) is 15.0. The third-order valence-corrected chi connectivity index (χ3v) is 5.81. The topological polar surface area (TPSA) is 61.2 Å². The molecule has 0 radical (unpaired) electrons. The lowest BCUT2D eigenvalue weighted by atomic mass is 10.2. The molecule has 114 valence electrons. The average Bonchev–Trinajstić information content (AvgIpc) is 2.98. The van der Waals surface area contributed by atoms with Crippen LogP contribution in [0.5, 0.6) is 5.75 Å². The van der Waals surface area contributed by atoms with E-state index in [1.165, 1.54) is 0 Å². The monoisotopic (exact) mass is 328 g/mol. The van der Waals surface area contributed by atoms with Crippen LogP contribution in [-0.4, -0.2) is 42.5 Å². The van der Waals surface area contributed by atoms with Crippen LogP contribution in [0.4, 0.5) is 0 Å². The molecule has 0 N–H and O–H groups in total. The van der Waals surface area contributed by atoms with Crippen LogP contribution in [0.15, 0.2) is 18.2 Å². The van der Waals surface area contributed by atoms with Gasteiger partial charge in [-0.15, -0.1) is 11.6 Å². The van der Waals surface area contributed by atoms with E-state index in [2.05, 4.69) is 4.98 Å². The third-order valence-electron chi connectivity index (χ3n) is 3.87. The number of aryl methyl sites for hydroxylation is 1. The smallest absolute Gasteiger partial charge is 0.152 e. The van der Waals surface area contributed by atoms with Gasteiger partial charge in [0.15, 0.2) is 9.84 Å². The van der Waals surface area contributed by atoms with Crippen molar-refractivity contribution in [2.24, 2.45) is 0 Å². The molecular weight excluding hydrogens is 312 g/mol. The van der Waals surface area contributed by atoms with Gasteiger partial charge in [0.2, 0.25) is 0 Å². The van der Waals surface area contributed by atoms with Crippen molar-refractivity contribution in [3.8, 4) is 5.75 Å². The summed E-state index contributed by atoms with van der Waals surface area (Å²) in [6, 6.07) is 5.64. The van der Waals surface area contributed by atoms with E-state index in [9.17, 15) is 8.42 Å². The van der Waals surface area contributed by atoms with Crippen molar-refractivity contribution in [2.75, 3.05) is 24.5 Å². The van der Waals surface area contributed by atoms with Crippen molar-refractivity contribution in [1.29, 1.82) is 0 Å². The standard InChI is InChI=1S/C14H17ClN2O3S/c1-20-12-4-2-3-11-14(12)16-13(5-7-15)17(11)10-6-8-21(18,19)9-10/h2-4,10H,5-9H2,1H3. The number of sulfone groups is 1. The quantitative estimate of drug-likeness (QED) is 0.807. The molecule has 0 spiro atoms. The highest BCUT2D eigenvalue weighted by Gasteiger charge is 2.31. The number of ether oxygens (including phenoxy) is 1. The van der Waals surface area contributed by atoms with Crippen molar-refractivity contribution in [2.45, 2.75) is 18.9 Å². The molecule has 1 saturated heterocycles. The van der Waals surface area contributed by atoms with E-state index >= 15 is 0 Å². The van der Waals surface area contributed by atoms with Crippen molar-refractivity contribution >= 4 is 32.5 Å². The van der Waals surface area contributed by atoms with Gasteiger partial charge in [0.1, 0.15) is 17.1 Å². The second-order valence-electron chi connectivity index (χ2n) is 5.22. The Hall–Kier alpha value is -1.27. The average molecular weight is 329 g/mol. The molecule has 0 saturated carbocycles. The normalized spacial score (nSPS) is 21.0. The maximum absolute atomic E-state index is 11.8. The Bertz CT molecular complexity index is 770. The number of aromatic nitrogens is 2. The second kappa shape index (κ2) is 5.50. The first-order chi connectivity index (χ1) is 10.1. The van der Waals surface area contributed by atoms with E-state index in [1.807, 2.05) is 22.8 Å². The van der Waals surface area contributed by atoms with Gasteiger partial charge in [0, 0.05) is 12.3 Å². The lowest BCUT2D eigenvalue weighted by Gasteiger charge is -2.15. The molecule has 21 heavy (non-hydrogen) atoms. The Labute approximate surface area is 128 Å². The number of hydrogen-bond acceptors (Lipinski definition) is 4. The Kier molecular flexibility index (Phi) is 3.84. The molecule has 1 aliphatic rings. The minimum Gasteiger partial charge on any atom is -0.494 e. The van der Waals surface area contributed by atoms with Crippen LogP contribution in [0.25, 0.3) is 11.0 Å². The molecule has 1 fully saturated rings. The van der Waals surface area contributed by atoms with Crippen molar-refractivity contribution in [3.63, 3.8) is 0 Å². The number of nitrogens with zero attached hydrogens (tertiary/aromatic N) is 2. The molecule has 1 aromatic carbocycles. The van der Waals surface area contributed by atoms with E-state index in [0.717, 1.165) is 16.9 Å². The second-order valence-corrected chi connectivity index (χ2v) is 7.83. The fourth-order valence-electron chi connectivity index (χ4n) is 2.95. The minimum absolute atomic E-state index is 0.0645. The van der Waals surface area contributed by atoms with Gasteiger partial charge >= 0.3 is 0 Å². The van der Waals surface area contributed by atoms with Crippen LogP contribution < -0.4 is 4.74 Å². The lowest BCUT2D eigenvalue weighted by Crippen LogP contribution is -2.14. The van der Waals surface area contributed by atoms with Crippen molar-refractivity contribution < 1.29 is 13.2 Å². The number of para-hydroxylation sites is 1. The fourth-order valence-corrected chi connectivity index (χ4v) is 4.82. The summed E-state index contributed by atoms with van der Waals surface area (Å²) < 4.78 is 30.9. The maximum atomic E-state index is 11.8. The molecule has 3 rings (SSSR count). The van der Waals surface area contributed by atoms with Crippen LogP contribution in [0.3, 0.4) is 0 Å². The van der Waals surface area contributed by atoms with Crippen molar-refractivity contribution in [1.82, 2.24) is 9.55 Å². The summed E-state index contributed by atoms with van der Waals surface area (Å²) in [4.78, 5) is 4.62. The van der Waals surface area contributed by atoms with Gasteiger partial charge in [-0.05, 0) is 18.6 Å². The van der Waals surface area contributed by atoms with Gasteiger partial charge in [-0.3, -0.25) is 0 Å². The highest BCUT2D eigenvalue weighted by atomic mass is 35.5.